The molecule has 1 aliphatic carbocycles. The predicted octanol–water partition coefficient (Wildman–Crippen LogP) is 12.8. The maximum absolute atomic E-state index is 5.14. The van der Waals surface area contributed by atoms with Gasteiger partial charge in [-0.2, -0.15) is 0 Å². The molecule has 0 N–H and O–H groups in total. The van der Waals surface area contributed by atoms with Crippen molar-refractivity contribution in [1.82, 2.24) is 19.5 Å². The fourth-order valence-electron chi connectivity index (χ4n) is 7.79. The summed E-state index contributed by atoms with van der Waals surface area (Å²) in [6.07, 6.45) is 7.58. The van der Waals surface area contributed by atoms with Crippen LogP contribution in [0.4, 0.5) is 0 Å². The minimum Gasteiger partial charge on any atom is -0.309 e. The number of fused-ring (bicyclic) bond motifs is 3. The molecule has 9 aromatic rings. The number of rotatable bonds is 7. The fraction of sp³-hybridized carbons (Fsp3) is 0.0392. The van der Waals surface area contributed by atoms with Crippen molar-refractivity contribution < 1.29 is 0 Å². The number of hydrogen-bond donors (Lipinski definition) is 0. The minimum absolute atomic E-state index is 0.329. The monoisotopic (exact) mass is 704 g/mol. The first kappa shape index (κ1) is 32.5. The molecule has 0 amide bonds. The zero-order valence-corrected chi connectivity index (χ0v) is 30.1. The highest BCUT2D eigenvalue weighted by Crippen LogP contribution is 2.38. The van der Waals surface area contributed by atoms with E-state index in [0.717, 1.165) is 39.8 Å². The van der Waals surface area contributed by atoms with Gasteiger partial charge in [0.25, 0.3) is 0 Å². The molecule has 0 saturated heterocycles. The van der Waals surface area contributed by atoms with Gasteiger partial charge in [-0.15, -0.1) is 0 Å². The number of hydrogen-bond acceptors (Lipinski definition) is 3. The Balaban J connectivity index is 1.11. The van der Waals surface area contributed by atoms with Crippen LogP contribution in [-0.4, -0.2) is 19.5 Å². The molecule has 0 saturated carbocycles. The standard InChI is InChI=1S/C51H36N4/c1-5-14-35(15-6-1)38-24-26-40(27-25-38)50-52-49(39-20-11-4-12-21-39)53-51(54-50)43-22-13-23-44(32-43)55-47-30-28-41(36-16-7-2-8-17-36)33-45(47)46-34-42(29-31-48(46)55)37-18-9-3-10-19-37/h1-24,26-34,38H,25H2. The maximum atomic E-state index is 5.14. The van der Waals surface area contributed by atoms with Crippen molar-refractivity contribution in [2.75, 3.05) is 0 Å². The molecule has 4 nitrogen and oxygen atoms in total. The van der Waals surface area contributed by atoms with Crippen LogP contribution in [0.3, 0.4) is 0 Å². The quantitative estimate of drug-likeness (QED) is 0.166. The molecule has 0 bridgehead atoms. The molecular formula is C51H36N4. The normalized spacial score (nSPS) is 14.0. The summed E-state index contributed by atoms with van der Waals surface area (Å²) in [5, 5.41) is 2.41. The third kappa shape index (κ3) is 6.24. The topological polar surface area (TPSA) is 43.6 Å². The lowest BCUT2D eigenvalue weighted by Crippen LogP contribution is -2.05. The Hall–Kier alpha value is -7.17. The van der Waals surface area contributed by atoms with E-state index in [9.17, 15) is 0 Å². The van der Waals surface area contributed by atoms with Crippen LogP contribution in [0.25, 0.3) is 78.1 Å². The van der Waals surface area contributed by atoms with Crippen LogP contribution in [0.2, 0.25) is 0 Å². The van der Waals surface area contributed by atoms with Gasteiger partial charge < -0.3 is 4.57 Å². The highest BCUT2D eigenvalue weighted by atomic mass is 15.0. The summed E-state index contributed by atoms with van der Waals surface area (Å²) in [6, 6.07) is 64.3. The fourth-order valence-corrected chi connectivity index (χ4v) is 7.79. The Morgan fingerprint density at radius 2 is 0.927 bits per heavy atom. The zero-order valence-electron chi connectivity index (χ0n) is 30.1. The van der Waals surface area contributed by atoms with Crippen LogP contribution in [0, 0.1) is 0 Å². The van der Waals surface area contributed by atoms with Gasteiger partial charge in [-0.25, -0.2) is 15.0 Å². The van der Waals surface area contributed by atoms with E-state index < -0.39 is 0 Å². The van der Waals surface area contributed by atoms with Gasteiger partial charge in [0.05, 0.1) is 11.0 Å². The largest absolute Gasteiger partial charge is 0.309 e. The highest BCUT2D eigenvalue weighted by molar-refractivity contribution is 6.11. The second-order valence-electron chi connectivity index (χ2n) is 14.0. The molecule has 10 rings (SSSR count). The molecule has 2 heterocycles. The first-order valence-electron chi connectivity index (χ1n) is 18.8. The summed E-state index contributed by atoms with van der Waals surface area (Å²) in [6.45, 7) is 0. The van der Waals surface area contributed by atoms with Crippen molar-refractivity contribution in [3.05, 3.63) is 212 Å². The second kappa shape index (κ2) is 14.0. The number of allylic oxidation sites excluding steroid dienone is 4. The molecular weight excluding hydrogens is 669 g/mol. The summed E-state index contributed by atoms with van der Waals surface area (Å²) >= 11 is 0. The van der Waals surface area contributed by atoms with Gasteiger partial charge in [0.2, 0.25) is 0 Å². The lowest BCUT2D eigenvalue weighted by Gasteiger charge is -2.17. The van der Waals surface area contributed by atoms with Gasteiger partial charge >= 0.3 is 0 Å². The highest BCUT2D eigenvalue weighted by Gasteiger charge is 2.19. The van der Waals surface area contributed by atoms with Crippen molar-refractivity contribution in [2.24, 2.45) is 0 Å². The average molecular weight is 705 g/mol. The van der Waals surface area contributed by atoms with Crippen LogP contribution in [0.1, 0.15) is 23.7 Å². The molecule has 4 heteroatoms. The SMILES string of the molecule is C1=CC(c2ccccc2)CC=C1c1nc(-c2ccccc2)nc(-c2cccc(-n3c4ccc(-c5ccccc5)cc4c4cc(-c5ccccc5)ccc43)c2)n1. The average Bonchev–Trinajstić information content (AvgIpc) is 3.60. The van der Waals surface area contributed by atoms with Gasteiger partial charge in [0.15, 0.2) is 17.5 Å². The molecule has 0 fully saturated rings. The maximum Gasteiger partial charge on any atom is 0.164 e. The van der Waals surface area contributed by atoms with E-state index >= 15 is 0 Å². The van der Waals surface area contributed by atoms with Crippen molar-refractivity contribution in [3.63, 3.8) is 0 Å². The van der Waals surface area contributed by atoms with E-state index in [1.807, 2.05) is 18.2 Å². The first-order chi connectivity index (χ1) is 27.2. The molecule has 55 heavy (non-hydrogen) atoms. The van der Waals surface area contributed by atoms with Gasteiger partial charge in [0, 0.05) is 39.1 Å². The van der Waals surface area contributed by atoms with Gasteiger partial charge in [0.1, 0.15) is 0 Å². The summed E-state index contributed by atoms with van der Waals surface area (Å²) in [5.41, 5.74) is 12.3. The minimum atomic E-state index is 0.329. The molecule has 0 aliphatic heterocycles. The third-order valence-electron chi connectivity index (χ3n) is 10.6. The van der Waals surface area contributed by atoms with Gasteiger partial charge in [-0.1, -0.05) is 164 Å². The van der Waals surface area contributed by atoms with Crippen LogP contribution in [-0.2, 0) is 0 Å². The van der Waals surface area contributed by atoms with Crippen molar-refractivity contribution >= 4 is 27.4 Å². The Morgan fingerprint density at radius 1 is 0.418 bits per heavy atom. The molecule has 1 atom stereocenters. The smallest absolute Gasteiger partial charge is 0.164 e. The Labute approximate surface area is 320 Å². The van der Waals surface area contributed by atoms with Gasteiger partial charge in [-0.05, 0) is 70.6 Å². The van der Waals surface area contributed by atoms with E-state index in [0.29, 0.717) is 23.4 Å². The van der Waals surface area contributed by atoms with E-state index in [1.165, 1.54) is 38.6 Å². The van der Waals surface area contributed by atoms with Crippen LogP contribution >= 0.6 is 0 Å². The third-order valence-corrected chi connectivity index (χ3v) is 10.6. The van der Waals surface area contributed by atoms with E-state index in [4.69, 9.17) is 15.0 Å². The molecule has 7 aromatic carbocycles. The Morgan fingerprint density at radius 3 is 1.49 bits per heavy atom. The second-order valence-corrected chi connectivity index (χ2v) is 14.0. The molecule has 0 radical (unpaired) electrons. The Bertz CT molecular complexity index is 2780. The van der Waals surface area contributed by atoms with E-state index in [-0.39, 0.29) is 0 Å². The van der Waals surface area contributed by atoms with Crippen molar-refractivity contribution in [1.29, 1.82) is 0 Å². The van der Waals surface area contributed by atoms with Crippen LogP contribution in [0.15, 0.2) is 200 Å². The molecule has 1 unspecified atom stereocenters. The van der Waals surface area contributed by atoms with E-state index in [1.54, 1.807) is 0 Å². The van der Waals surface area contributed by atoms with Crippen molar-refractivity contribution in [2.45, 2.75) is 12.3 Å². The zero-order chi connectivity index (χ0) is 36.6. The lowest BCUT2D eigenvalue weighted by molar-refractivity contribution is 0.854. The lowest BCUT2D eigenvalue weighted by atomic mass is 9.90. The van der Waals surface area contributed by atoms with Crippen LogP contribution in [0.5, 0.6) is 0 Å². The number of benzene rings is 7. The summed E-state index contributed by atoms with van der Waals surface area (Å²) in [4.78, 5) is 15.2. The Kier molecular flexibility index (Phi) is 8.27. The molecule has 1 aliphatic rings. The predicted molar refractivity (Wildman–Crippen MR) is 227 cm³/mol. The first-order valence-corrected chi connectivity index (χ1v) is 18.8. The number of nitrogens with zero attached hydrogens (tertiary/aromatic N) is 4. The van der Waals surface area contributed by atoms with E-state index in [2.05, 4.69) is 187 Å². The van der Waals surface area contributed by atoms with Crippen LogP contribution < -0.4 is 0 Å². The summed E-state index contributed by atoms with van der Waals surface area (Å²) in [5.74, 6) is 2.30. The molecule has 2 aromatic heterocycles. The number of aromatic nitrogens is 4. The van der Waals surface area contributed by atoms with Crippen molar-refractivity contribution in [3.8, 4) is 50.7 Å². The van der Waals surface area contributed by atoms with Gasteiger partial charge in [-0.3, -0.25) is 0 Å². The molecule has 260 valence electrons. The summed E-state index contributed by atoms with van der Waals surface area (Å²) < 4.78 is 2.37. The molecule has 0 spiro atoms. The summed E-state index contributed by atoms with van der Waals surface area (Å²) in [7, 11) is 0.